The Bertz CT molecular complexity index is 605. The number of rotatable bonds is 3. The number of hydrogen-bond acceptors (Lipinski definition) is 4. The van der Waals surface area contributed by atoms with Crippen molar-refractivity contribution < 1.29 is 4.39 Å². The first-order valence-corrected chi connectivity index (χ1v) is 6.64. The molecule has 0 aliphatic carbocycles. The van der Waals surface area contributed by atoms with Crippen molar-refractivity contribution in [2.45, 2.75) is 10.8 Å². The van der Waals surface area contributed by atoms with E-state index in [2.05, 4.69) is 21.8 Å². The van der Waals surface area contributed by atoms with Crippen molar-refractivity contribution in [3.05, 3.63) is 53.7 Å². The molecule has 0 amide bonds. The minimum Gasteiger partial charge on any atom is -0.320 e. The van der Waals surface area contributed by atoms with Gasteiger partial charge in [0.1, 0.15) is 10.8 Å². The summed E-state index contributed by atoms with van der Waals surface area (Å²) < 4.78 is 13.5. The number of aromatic nitrogens is 2. The Morgan fingerprint density at radius 2 is 2.21 bits per heavy atom. The van der Waals surface area contributed by atoms with E-state index in [-0.39, 0.29) is 12.4 Å². The van der Waals surface area contributed by atoms with E-state index in [1.165, 1.54) is 6.07 Å². The van der Waals surface area contributed by atoms with Crippen molar-refractivity contribution in [2.24, 2.45) is 5.73 Å². The van der Waals surface area contributed by atoms with Gasteiger partial charge in [-0.2, -0.15) is 0 Å². The maximum atomic E-state index is 13.5. The van der Waals surface area contributed by atoms with Crippen LogP contribution in [0.1, 0.15) is 11.1 Å². The van der Waals surface area contributed by atoms with Crippen molar-refractivity contribution >= 4 is 11.8 Å². The van der Waals surface area contributed by atoms with Gasteiger partial charge in [0, 0.05) is 18.1 Å². The van der Waals surface area contributed by atoms with E-state index >= 15 is 0 Å². The van der Waals surface area contributed by atoms with Crippen LogP contribution in [-0.2, 0) is 5.75 Å². The summed E-state index contributed by atoms with van der Waals surface area (Å²) >= 11 is 1.54. The second-order valence-electron chi connectivity index (χ2n) is 3.65. The standard InChI is InChI=1S/C14H12FN3S/c15-13-4-3-11(8-12(13)2-1-5-16)10-19-14-9-17-6-7-18-14/h3-4,6-9H,5,10,16H2. The predicted molar refractivity (Wildman–Crippen MR) is 73.9 cm³/mol. The Kier molecular flexibility index (Phi) is 4.90. The van der Waals surface area contributed by atoms with Crippen LogP contribution in [0.25, 0.3) is 0 Å². The fourth-order valence-corrected chi connectivity index (χ4v) is 2.19. The SMILES string of the molecule is NCC#Cc1cc(CSc2cnccn2)ccc1F. The summed E-state index contributed by atoms with van der Waals surface area (Å²) in [6.45, 7) is 0.220. The lowest BCUT2D eigenvalue weighted by molar-refractivity contribution is 0.624. The van der Waals surface area contributed by atoms with Gasteiger partial charge in [-0.25, -0.2) is 9.37 Å². The summed E-state index contributed by atoms with van der Waals surface area (Å²) in [7, 11) is 0. The summed E-state index contributed by atoms with van der Waals surface area (Å²) in [6, 6.07) is 4.90. The summed E-state index contributed by atoms with van der Waals surface area (Å²) in [5, 5.41) is 0.835. The molecule has 1 aromatic heterocycles. The molecule has 0 atom stereocenters. The topological polar surface area (TPSA) is 51.8 Å². The molecule has 0 radical (unpaired) electrons. The van der Waals surface area contributed by atoms with Crippen LogP contribution in [0.15, 0.2) is 41.8 Å². The smallest absolute Gasteiger partial charge is 0.138 e. The fourth-order valence-electron chi connectivity index (χ4n) is 1.42. The molecule has 0 unspecified atom stereocenters. The molecular weight excluding hydrogens is 261 g/mol. The highest BCUT2D eigenvalue weighted by Gasteiger charge is 2.02. The summed E-state index contributed by atoms with van der Waals surface area (Å²) in [6.07, 6.45) is 4.97. The van der Waals surface area contributed by atoms with Crippen molar-refractivity contribution in [3.8, 4) is 11.8 Å². The largest absolute Gasteiger partial charge is 0.320 e. The molecule has 1 heterocycles. The molecule has 96 valence electrons. The van der Waals surface area contributed by atoms with E-state index < -0.39 is 0 Å². The van der Waals surface area contributed by atoms with Crippen LogP contribution in [0.4, 0.5) is 4.39 Å². The van der Waals surface area contributed by atoms with Gasteiger partial charge in [0.15, 0.2) is 0 Å². The van der Waals surface area contributed by atoms with Crippen LogP contribution in [0.5, 0.6) is 0 Å². The molecule has 2 N–H and O–H groups in total. The molecule has 19 heavy (non-hydrogen) atoms. The number of benzene rings is 1. The van der Waals surface area contributed by atoms with E-state index in [1.54, 1.807) is 42.5 Å². The van der Waals surface area contributed by atoms with E-state index in [1.807, 2.05) is 0 Å². The number of nitrogens with zero attached hydrogens (tertiary/aromatic N) is 2. The second-order valence-corrected chi connectivity index (χ2v) is 4.65. The Balaban J connectivity index is 2.09. The third-order valence-electron chi connectivity index (χ3n) is 2.28. The summed E-state index contributed by atoms with van der Waals surface area (Å²) in [5.74, 6) is 5.74. The summed E-state index contributed by atoms with van der Waals surface area (Å²) in [4.78, 5) is 8.15. The van der Waals surface area contributed by atoms with Gasteiger partial charge in [-0.05, 0) is 17.7 Å². The van der Waals surface area contributed by atoms with Crippen LogP contribution < -0.4 is 5.73 Å². The van der Waals surface area contributed by atoms with Crippen LogP contribution in [0.2, 0.25) is 0 Å². The van der Waals surface area contributed by atoms with Gasteiger partial charge in [-0.3, -0.25) is 4.98 Å². The molecule has 2 rings (SSSR count). The zero-order valence-electron chi connectivity index (χ0n) is 10.1. The lowest BCUT2D eigenvalue weighted by atomic mass is 10.1. The molecule has 0 bridgehead atoms. The minimum absolute atomic E-state index is 0.220. The highest BCUT2D eigenvalue weighted by atomic mass is 32.2. The third kappa shape index (κ3) is 4.05. The first kappa shape index (κ1) is 13.5. The van der Waals surface area contributed by atoms with Gasteiger partial charge in [0.05, 0.1) is 18.3 Å². The average molecular weight is 273 g/mol. The lowest BCUT2D eigenvalue weighted by Gasteiger charge is -2.02. The highest BCUT2D eigenvalue weighted by Crippen LogP contribution is 2.21. The van der Waals surface area contributed by atoms with Crippen molar-refractivity contribution in [3.63, 3.8) is 0 Å². The fraction of sp³-hybridized carbons (Fsp3) is 0.143. The lowest BCUT2D eigenvalue weighted by Crippen LogP contribution is -1.94. The van der Waals surface area contributed by atoms with Gasteiger partial charge >= 0.3 is 0 Å². The maximum Gasteiger partial charge on any atom is 0.138 e. The van der Waals surface area contributed by atoms with Crippen LogP contribution in [0.3, 0.4) is 0 Å². The quantitative estimate of drug-likeness (QED) is 0.688. The third-order valence-corrected chi connectivity index (χ3v) is 3.27. The van der Waals surface area contributed by atoms with E-state index in [0.717, 1.165) is 10.6 Å². The van der Waals surface area contributed by atoms with Crippen molar-refractivity contribution in [1.29, 1.82) is 0 Å². The molecule has 1 aromatic carbocycles. The molecule has 3 nitrogen and oxygen atoms in total. The number of halogens is 1. The monoisotopic (exact) mass is 273 g/mol. The zero-order chi connectivity index (χ0) is 13.5. The Morgan fingerprint density at radius 1 is 1.32 bits per heavy atom. The molecule has 0 aliphatic heterocycles. The van der Waals surface area contributed by atoms with Crippen molar-refractivity contribution in [2.75, 3.05) is 6.54 Å². The normalized spacial score (nSPS) is 9.79. The van der Waals surface area contributed by atoms with Crippen molar-refractivity contribution in [1.82, 2.24) is 9.97 Å². The Morgan fingerprint density at radius 3 is 2.95 bits per heavy atom. The van der Waals surface area contributed by atoms with Crippen LogP contribution in [-0.4, -0.2) is 16.5 Å². The Labute approximate surface area is 115 Å². The minimum atomic E-state index is -0.325. The predicted octanol–water partition coefficient (Wildman–Crippen LogP) is 2.22. The van der Waals surface area contributed by atoms with Gasteiger partial charge in [-0.1, -0.05) is 17.9 Å². The van der Waals surface area contributed by atoms with Gasteiger partial charge in [0.25, 0.3) is 0 Å². The molecule has 2 aromatic rings. The highest BCUT2D eigenvalue weighted by molar-refractivity contribution is 7.98. The van der Waals surface area contributed by atoms with Crippen LogP contribution in [0, 0.1) is 17.7 Å². The molecule has 5 heteroatoms. The molecule has 0 saturated heterocycles. The van der Waals surface area contributed by atoms with Crippen LogP contribution >= 0.6 is 11.8 Å². The molecule has 0 aliphatic rings. The number of thioether (sulfide) groups is 1. The van der Waals surface area contributed by atoms with E-state index in [0.29, 0.717) is 11.3 Å². The van der Waals surface area contributed by atoms with Gasteiger partial charge in [0.2, 0.25) is 0 Å². The van der Waals surface area contributed by atoms with E-state index in [4.69, 9.17) is 5.73 Å². The first-order valence-electron chi connectivity index (χ1n) is 5.66. The van der Waals surface area contributed by atoms with E-state index in [9.17, 15) is 4.39 Å². The van der Waals surface area contributed by atoms with Gasteiger partial charge < -0.3 is 5.73 Å². The van der Waals surface area contributed by atoms with Gasteiger partial charge in [-0.15, -0.1) is 11.8 Å². The summed E-state index contributed by atoms with van der Waals surface area (Å²) in [5.41, 5.74) is 6.65. The molecule has 0 saturated carbocycles. The second kappa shape index (κ2) is 6.88. The maximum absolute atomic E-state index is 13.5. The first-order chi connectivity index (χ1) is 9.29. The molecule has 0 fully saturated rings. The molecular formula is C14H12FN3S. The Hall–Kier alpha value is -1.90. The average Bonchev–Trinajstić information content (AvgIpc) is 2.46. The molecule has 0 spiro atoms. The zero-order valence-corrected chi connectivity index (χ0v) is 11.0. The number of hydrogen-bond donors (Lipinski definition) is 1. The number of nitrogens with two attached hydrogens (primary N) is 1.